The lowest BCUT2D eigenvalue weighted by Crippen LogP contribution is -2.08. The van der Waals surface area contributed by atoms with Crippen LogP contribution in [0.25, 0.3) is 0 Å². The molecule has 1 N–H and O–H groups in total. The molecule has 1 aliphatic carbocycles. The van der Waals surface area contributed by atoms with E-state index in [2.05, 4.69) is 21.6 Å². The first-order chi connectivity index (χ1) is 7.50. The number of nitrogens with zero attached hydrogens (tertiary/aromatic N) is 2. The largest absolute Gasteiger partial charge is 0.452 e. The standard InChI is InChI=1S/C9H12F3N3S/c1-2-3-5-4-6(5)13-8-14-7(15-16-8)9(10,11)12/h5-6H,2-4H2,1H3,(H,13,14,15). The Morgan fingerprint density at radius 2 is 2.25 bits per heavy atom. The molecule has 0 aliphatic heterocycles. The average Bonchev–Trinajstić information content (AvgIpc) is 2.73. The van der Waals surface area contributed by atoms with Crippen molar-refractivity contribution >= 4 is 16.7 Å². The lowest BCUT2D eigenvalue weighted by molar-refractivity contribution is -0.144. The van der Waals surface area contributed by atoms with Gasteiger partial charge >= 0.3 is 6.18 Å². The minimum atomic E-state index is -4.44. The highest BCUT2D eigenvalue weighted by molar-refractivity contribution is 7.09. The molecule has 2 unspecified atom stereocenters. The van der Waals surface area contributed by atoms with Gasteiger partial charge in [-0.1, -0.05) is 13.3 Å². The molecule has 0 radical (unpaired) electrons. The zero-order valence-corrected chi connectivity index (χ0v) is 9.53. The van der Waals surface area contributed by atoms with Gasteiger partial charge in [0.05, 0.1) is 0 Å². The van der Waals surface area contributed by atoms with Gasteiger partial charge in [-0.05, 0) is 18.8 Å². The number of aromatic nitrogens is 2. The van der Waals surface area contributed by atoms with E-state index in [1.807, 2.05) is 0 Å². The van der Waals surface area contributed by atoms with Crippen molar-refractivity contribution in [3.63, 3.8) is 0 Å². The van der Waals surface area contributed by atoms with E-state index in [1.54, 1.807) is 0 Å². The Morgan fingerprint density at radius 3 is 2.81 bits per heavy atom. The fourth-order valence-corrected chi connectivity index (χ4v) is 2.32. The molecule has 1 saturated carbocycles. The molecule has 2 rings (SSSR count). The van der Waals surface area contributed by atoms with E-state index in [-0.39, 0.29) is 11.2 Å². The summed E-state index contributed by atoms with van der Waals surface area (Å²) in [6.07, 6.45) is -1.20. The minimum Gasteiger partial charge on any atom is -0.357 e. The van der Waals surface area contributed by atoms with Crippen molar-refractivity contribution < 1.29 is 13.2 Å². The van der Waals surface area contributed by atoms with E-state index in [4.69, 9.17) is 0 Å². The van der Waals surface area contributed by atoms with E-state index in [1.165, 1.54) is 0 Å². The van der Waals surface area contributed by atoms with Crippen LogP contribution in [0.3, 0.4) is 0 Å². The molecule has 1 aromatic rings. The van der Waals surface area contributed by atoms with Crippen LogP contribution in [0.5, 0.6) is 0 Å². The van der Waals surface area contributed by atoms with Crippen LogP contribution in [-0.2, 0) is 6.18 Å². The third-order valence-electron chi connectivity index (χ3n) is 2.57. The highest BCUT2D eigenvalue weighted by Crippen LogP contribution is 2.38. The summed E-state index contributed by atoms with van der Waals surface area (Å²) in [5.41, 5.74) is 0. The summed E-state index contributed by atoms with van der Waals surface area (Å²) in [5.74, 6) is -0.462. The molecule has 3 nitrogen and oxygen atoms in total. The van der Waals surface area contributed by atoms with Gasteiger partial charge in [0, 0.05) is 17.6 Å². The second kappa shape index (κ2) is 4.20. The van der Waals surface area contributed by atoms with Crippen molar-refractivity contribution in [2.75, 3.05) is 5.32 Å². The Labute approximate surface area is 95.2 Å². The molecule has 0 aromatic carbocycles. The SMILES string of the molecule is CCCC1CC1Nc1nc(C(F)(F)F)ns1. The molecule has 1 aliphatic rings. The summed E-state index contributed by atoms with van der Waals surface area (Å²) in [5, 5.41) is 3.26. The third kappa shape index (κ3) is 2.63. The predicted octanol–water partition coefficient (Wildman–Crippen LogP) is 3.16. The number of hydrogen-bond donors (Lipinski definition) is 1. The highest BCUT2D eigenvalue weighted by Gasteiger charge is 2.39. The molecular formula is C9H12F3N3S. The van der Waals surface area contributed by atoms with E-state index in [9.17, 15) is 13.2 Å². The van der Waals surface area contributed by atoms with Crippen molar-refractivity contribution in [1.82, 2.24) is 9.36 Å². The van der Waals surface area contributed by atoms with Gasteiger partial charge in [0.2, 0.25) is 11.0 Å². The summed E-state index contributed by atoms with van der Waals surface area (Å²) < 4.78 is 39.9. The van der Waals surface area contributed by atoms with Gasteiger partial charge in [-0.25, -0.2) is 0 Å². The third-order valence-corrected chi connectivity index (χ3v) is 3.22. The molecule has 1 heterocycles. The molecular weight excluding hydrogens is 239 g/mol. The molecule has 1 aromatic heterocycles. The summed E-state index contributed by atoms with van der Waals surface area (Å²) in [6, 6.07) is 0.286. The zero-order valence-electron chi connectivity index (χ0n) is 8.71. The van der Waals surface area contributed by atoms with Crippen molar-refractivity contribution in [3.05, 3.63) is 5.82 Å². The Hall–Kier alpha value is -0.850. The van der Waals surface area contributed by atoms with E-state index < -0.39 is 12.0 Å². The molecule has 1 fully saturated rings. The van der Waals surface area contributed by atoms with Gasteiger partial charge in [-0.15, -0.1) is 0 Å². The zero-order chi connectivity index (χ0) is 11.8. The first-order valence-electron chi connectivity index (χ1n) is 5.18. The monoisotopic (exact) mass is 251 g/mol. The van der Waals surface area contributed by atoms with Gasteiger partial charge in [0.25, 0.3) is 0 Å². The van der Waals surface area contributed by atoms with E-state index in [0.717, 1.165) is 30.8 Å². The van der Waals surface area contributed by atoms with Gasteiger partial charge in [-0.3, -0.25) is 0 Å². The van der Waals surface area contributed by atoms with Crippen LogP contribution >= 0.6 is 11.5 Å². The molecule has 90 valence electrons. The lowest BCUT2D eigenvalue weighted by atomic mass is 10.2. The maximum Gasteiger partial charge on any atom is 0.452 e. The van der Waals surface area contributed by atoms with Crippen LogP contribution in [0.15, 0.2) is 0 Å². The Balaban J connectivity index is 1.90. The predicted molar refractivity (Wildman–Crippen MR) is 55.3 cm³/mol. The van der Waals surface area contributed by atoms with Crippen molar-refractivity contribution in [2.24, 2.45) is 5.92 Å². The first kappa shape index (κ1) is 11.6. The van der Waals surface area contributed by atoms with Crippen LogP contribution in [0.4, 0.5) is 18.3 Å². The van der Waals surface area contributed by atoms with Gasteiger partial charge in [-0.2, -0.15) is 22.5 Å². The summed E-state index contributed by atoms with van der Waals surface area (Å²) in [7, 11) is 0. The second-order valence-corrected chi connectivity index (χ2v) is 4.71. The number of nitrogens with one attached hydrogen (secondary N) is 1. The Kier molecular flexibility index (Phi) is 3.05. The Morgan fingerprint density at radius 1 is 1.50 bits per heavy atom. The number of alkyl halides is 3. The van der Waals surface area contributed by atoms with Crippen LogP contribution in [0.2, 0.25) is 0 Å². The summed E-state index contributed by atoms with van der Waals surface area (Å²) >= 11 is 0.773. The molecule has 0 saturated heterocycles. The lowest BCUT2D eigenvalue weighted by Gasteiger charge is -2.00. The fourth-order valence-electron chi connectivity index (χ4n) is 1.67. The topological polar surface area (TPSA) is 37.8 Å². The smallest absolute Gasteiger partial charge is 0.357 e. The normalized spacial score (nSPS) is 24.5. The fraction of sp³-hybridized carbons (Fsp3) is 0.778. The van der Waals surface area contributed by atoms with Gasteiger partial charge in [0.1, 0.15) is 0 Å². The van der Waals surface area contributed by atoms with Crippen molar-refractivity contribution in [3.8, 4) is 0 Å². The number of hydrogen-bond acceptors (Lipinski definition) is 4. The first-order valence-corrected chi connectivity index (χ1v) is 5.95. The highest BCUT2D eigenvalue weighted by atomic mass is 32.1. The van der Waals surface area contributed by atoms with Crippen LogP contribution < -0.4 is 5.32 Å². The molecule has 0 bridgehead atoms. The van der Waals surface area contributed by atoms with Gasteiger partial charge in [0.15, 0.2) is 0 Å². The van der Waals surface area contributed by atoms with Crippen molar-refractivity contribution in [2.45, 2.75) is 38.4 Å². The molecule has 16 heavy (non-hydrogen) atoms. The number of rotatable bonds is 4. The molecule has 7 heteroatoms. The van der Waals surface area contributed by atoms with Crippen LogP contribution in [-0.4, -0.2) is 15.4 Å². The van der Waals surface area contributed by atoms with Gasteiger partial charge < -0.3 is 5.32 Å². The molecule has 2 atom stereocenters. The maximum absolute atomic E-state index is 12.2. The van der Waals surface area contributed by atoms with E-state index in [0.29, 0.717) is 5.92 Å². The summed E-state index contributed by atoms with van der Waals surface area (Å²) in [4.78, 5) is 3.43. The maximum atomic E-state index is 12.2. The van der Waals surface area contributed by atoms with Crippen molar-refractivity contribution in [1.29, 1.82) is 0 Å². The number of anilines is 1. The molecule has 0 amide bonds. The van der Waals surface area contributed by atoms with Crippen LogP contribution in [0, 0.1) is 5.92 Å². The minimum absolute atomic E-state index is 0.274. The molecule has 0 spiro atoms. The quantitative estimate of drug-likeness (QED) is 0.893. The average molecular weight is 251 g/mol. The second-order valence-electron chi connectivity index (χ2n) is 3.96. The summed E-state index contributed by atoms with van der Waals surface area (Å²) in [6.45, 7) is 2.10. The Bertz CT molecular complexity index is 363. The number of halogens is 3. The van der Waals surface area contributed by atoms with E-state index >= 15 is 0 Å². The van der Waals surface area contributed by atoms with Crippen LogP contribution in [0.1, 0.15) is 32.0 Å².